The summed E-state index contributed by atoms with van der Waals surface area (Å²) < 4.78 is 17.8. The molecule has 0 fully saturated rings. The fraction of sp³-hybridized carbons (Fsp3) is 0.0800. The minimum Gasteiger partial charge on any atom is -0.490 e. The Bertz CT molecular complexity index is 1350. The van der Waals surface area contributed by atoms with E-state index < -0.39 is 11.9 Å². The van der Waals surface area contributed by atoms with Crippen molar-refractivity contribution in [3.8, 4) is 11.5 Å². The molecule has 172 valence electrons. The standard InChI is InChI=1S/C25H16Br2ClNO5/c1-2-32-21-13-14(11-18(27)22(21)33-24(30)16-8-4-6-10-19(16)28)12-20-25(31)34-23(29-20)15-7-3-5-9-17(15)26/h3-13H,2H2,1H3/b20-12-. The molecule has 34 heavy (non-hydrogen) atoms. The van der Waals surface area contributed by atoms with E-state index in [1.807, 2.05) is 18.2 Å². The Morgan fingerprint density at radius 2 is 1.82 bits per heavy atom. The Hall–Kier alpha value is -2.94. The molecule has 0 aromatic heterocycles. The van der Waals surface area contributed by atoms with Crippen molar-refractivity contribution in [1.29, 1.82) is 0 Å². The molecule has 3 aromatic carbocycles. The van der Waals surface area contributed by atoms with Crippen molar-refractivity contribution >= 4 is 67.4 Å². The topological polar surface area (TPSA) is 74.2 Å². The number of carbonyl (C=O) groups is 2. The summed E-state index contributed by atoms with van der Waals surface area (Å²) in [4.78, 5) is 29.4. The second-order valence-corrected chi connectivity index (χ2v) is 9.06. The van der Waals surface area contributed by atoms with E-state index in [0.717, 1.165) is 4.47 Å². The molecule has 0 radical (unpaired) electrons. The van der Waals surface area contributed by atoms with Gasteiger partial charge in [0.2, 0.25) is 5.90 Å². The highest BCUT2D eigenvalue weighted by atomic mass is 79.9. The lowest BCUT2D eigenvalue weighted by molar-refractivity contribution is -0.129. The first-order valence-electron chi connectivity index (χ1n) is 10.1. The molecule has 0 bridgehead atoms. The highest BCUT2D eigenvalue weighted by Gasteiger charge is 2.26. The van der Waals surface area contributed by atoms with Gasteiger partial charge in [0.25, 0.3) is 0 Å². The predicted molar refractivity (Wildman–Crippen MR) is 136 cm³/mol. The van der Waals surface area contributed by atoms with E-state index in [0.29, 0.717) is 28.0 Å². The molecule has 0 saturated carbocycles. The second kappa shape index (κ2) is 10.5. The zero-order valence-corrected chi connectivity index (χ0v) is 21.6. The van der Waals surface area contributed by atoms with Gasteiger partial charge in [-0.1, -0.05) is 35.9 Å². The number of rotatable bonds is 6. The Balaban J connectivity index is 1.67. The lowest BCUT2D eigenvalue weighted by atomic mass is 10.1. The van der Waals surface area contributed by atoms with Crippen LogP contribution in [0.3, 0.4) is 0 Å². The van der Waals surface area contributed by atoms with Crippen molar-refractivity contribution in [2.24, 2.45) is 4.99 Å². The molecule has 0 saturated heterocycles. The summed E-state index contributed by atoms with van der Waals surface area (Å²) >= 11 is 13.0. The molecule has 0 amide bonds. The summed E-state index contributed by atoms with van der Waals surface area (Å²) in [6.45, 7) is 2.14. The lowest BCUT2D eigenvalue weighted by Crippen LogP contribution is -2.11. The van der Waals surface area contributed by atoms with E-state index in [4.69, 9.17) is 25.8 Å². The van der Waals surface area contributed by atoms with Gasteiger partial charge in [-0.2, -0.15) is 0 Å². The van der Waals surface area contributed by atoms with E-state index >= 15 is 0 Å². The Labute approximate surface area is 217 Å². The van der Waals surface area contributed by atoms with Gasteiger partial charge in [-0.3, -0.25) is 0 Å². The quantitative estimate of drug-likeness (QED) is 0.175. The zero-order chi connectivity index (χ0) is 24.2. The van der Waals surface area contributed by atoms with Crippen LogP contribution < -0.4 is 9.47 Å². The van der Waals surface area contributed by atoms with Crippen LogP contribution in [0.15, 0.2) is 80.3 Å². The number of cyclic esters (lactones) is 1. The maximum atomic E-state index is 12.7. The average molecular weight is 606 g/mol. The van der Waals surface area contributed by atoms with Crippen LogP contribution in [0.2, 0.25) is 5.02 Å². The fourth-order valence-electron chi connectivity index (χ4n) is 3.12. The molecule has 6 nitrogen and oxygen atoms in total. The maximum Gasteiger partial charge on any atom is 0.363 e. The molecule has 1 aliphatic heterocycles. The first-order chi connectivity index (χ1) is 16.4. The summed E-state index contributed by atoms with van der Waals surface area (Å²) in [7, 11) is 0. The van der Waals surface area contributed by atoms with E-state index in [-0.39, 0.29) is 27.9 Å². The number of hydrogen-bond acceptors (Lipinski definition) is 6. The molecule has 4 rings (SSSR count). The van der Waals surface area contributed by atoms with Crippen LogP contribution in [0.1, 0.15) is 28.4 Å². The first kappa shape index (κ1) is 24.2. The molecule has 1 aliphatic rings. The number of carbonyl (C=O) groups excluding carboxylic acids is 2. The summed E-state index contributed by atoms with van der Waals surface area (Å²) in [6.07, 6.45) is 1.57. The Kier molecular flexibility index (Phi) is 7.50. The summed E-state index contributed by atoms with van der Waals surface area (Å²) in [6, 6.07) is 17.2. The predicted octanol–water partition coefficient (Wildman–Crippen LogP) is 6.83. The number of ether oxygens (including phenoxy) is 3. The number of halogens is 3. The van der Waals surface area contributed by atoms with Crippen LogP contribution in [0, 0.1) is 0 Å². The molecule has 0 unspecified atom stereocenters. The first-order valence-corrected chi connectivity index (χ1v) is 12.0. The van der Waals surface area contributed by atoms with E-state index in [9.17, 15) is 9.59 Å². The molecule has 9 heteroatoms. The molecule has 1 heterocycles. The third kappa shape index (κ3) is 5.24. The zero-order valence-electron chi connectivity index (χ0n) is 17.7. The minimum atomic E-state index is -0.625. The lowest BCUT2D eigenvalue weighted by Gasteiger charge is -2.14. The van der Waals surface area contributed by atoms with Crippen molar-refractivity contribution < 1.29 is 23.8 Å². The molecule has 3 aromatic rings. The summed E-state index contributed by atoms with van der Waals surface area (Å²) in [5, 5.41) is 0.279. The number of nitrogens with zero attached hydrogens (tertiary/aromatic N) is 1. The van der Waals surface area contributed by atoms with Gasteiger partial charge in [-0.25, -0.2) is 14.6 Å². The average Bonchev–Trinajstić information content (AvgIpc) is 3.16. The number of aliphatic imine (C=N–C) groups is 1. The van der Waals surface area contributed by atoms with Crippen LogP contribution in [0.25, 0.3) is 6.08 Å². The smallest absolute Gasteiger partial charge is 0.363 e. The van der Waals surface area contributed by atoms with Gasteiger partial charge >= 0.3 is 11.9 Å². The van der Waals surface area contributed by atoms with Crippen LogP contribution in [-0.4, -0.2) is 24.4 Å². The highest BCUT2D eigenvalue weighted by Crippen LogP contribution is 2.38. The molecular formula is C25H16Br2ClNO5. The Morgan fingerprint density at radius 1 is 1.09 bits per heavy atom. The van der Waals surface area contributed by atoms with Gasteiger partial charge in [0.05, 0.1) is 27.2 Å². The number of esters is 2. The monoisotopic (exact) mass is 603 g/mol. The molecule has 0 spiro atoms. The fourth-order valence-corrected chi connectivity index (χ4v) is 4.33. The van der Waals surface area contributed by atoms with Crippen LogP contribution >= 0.6 is 43.5 Å². The summed E-state index contributed by atoms with van der Waals surface area (Å²) in [5.74, 6) is -0.488. The van der Waals surface area contributed by atoms with Gasteiger partial charge in [0.1, 0.15) is 0 Å². The SMILES string of the molecule is CCOc1cc(/C=C2\N=C(c3ccccc3Br)OC2=O)cc(Br)c1OC(=O)c1ccccc1Cl. The minimum absolute atomic E-state index is 0.126. The largest absolute Gasteiger partial charge is 0.490 e. The highest BCUT2D eigenvalue weighted by molar-refractivity contribution is 9.10. The second-order valence-electron chi connectivity index (χ2n) is 6.95. The van der Waals surface area contributed by atoms with Crippen molar-refractivity contribution in [3.63, 3.8) is 0 Å². The number of benzene rings is 3. The van der Waals surface area contributed by atoms with E-state index in [1.54, 1.807) is 55.5 Å². The van der Waals surface area contributed by atoms with E-state index in [2.05, 4.69) is 36.9 Å². The maximum absolute atomic E-state index is 12.7. The molecule has 0 aliphatic carbocycles. The van der Waals surface area contributed by atoms with Gasteiger partial charge in [0, 0.05) is 4.47 Å². The molecule has 0 N–H and O–H groups in total. The van der Waals surface area contributed by atoms with Crippen LogP contribution in [-0.2, 0) is 9.53 Å². The number of hydrogen-bond donors (Lipinski definition) is 0. The van der Waals surface area contributed by atoms with Gasteiger partial charge in [-0.15, -0.1) is 0 Å². The van der Waals surface area contributed by atoms with Crippen molar-refractivity contribution in [2.75, 3.05) is 6.61 Å². The van der Waals surface area contributed by atoms with Gasteiger partial charge in [0.15, 0.2) is 17.2 Å². The molecular weight excluding hydrogens is 590 g/mol. The summed E-state index contributed by atoms with van der Waals surface area (Å²) in [5.41, 5.74) is 1.61. The van der Waals surface area contributed by atoms with Crippen LogP contribution in [0.4, 0.5) is 0 Å². The van der Waals surface area contributed by atoms with Crippen molar-refractivity contribution in [1.82, 2.24) is 0 Å². The Morgan fingerprint density at radius 3 is 2.56 bits per heavy atom. The third-order valence-corrected chi connectivity index (χ3v) is 6.26. The van der Waals surface area contributed by atoms with Gasteiger partial charge in [-0.05, 0) is 86.8 Å². The van der Waals surface area contributed by atoms with Crippen LogP contribution in [0.5, 0.6) is 11.5 Å². The molecule has 0 atom stereocenters. The van der Waals surface area contributed by atoms with Crippen molar-refractivity contribution in [2.45, 2.75) is 6.92 Å². The van der Waals surface area contributed by atoms with Gasteiger partial charge < -0.3 is 14.2 Å². The van der Waals surface area contributed by atoms with E-state index in [1.165, 1.54) is 0 Å². The third-order valence-electron chi connectivity index (χ3n) is 4.65. The normalized spacial score (nSPS) is 14.1. The van der Waals surface area contributed by atoms with Crippen molar-refractivity contribution in [3.05, 3.63) is 97.0 Å².